The van der Waals surface area contributed by atoms with Crippen molar-refractivity contribution in [1.82, 2.24) is 10.2 Å². The SMILES string of the molecule is C=CCN1C(=O)C(=Cc2ccc(OC)c(COc3c(Br)cc(Br)cc3Br)c2)NC1=S. The molecule has 1 aliphatic heterocycles. The van der Waals surface area contributed by atoms with Gasteiger partial charge in [0.05, 0.1) is 16.1 Å². The van der Waals surface area contributed by atoms with Crippen LogP contribution in [0.15, 0.2) is 62.1 Å². The van der Waals surface area contributed by atoms with Gasteiger partial charge in [-0.25, -0.2) is 0 Å². The van der Waals surface area contributed by atoms with E-state index in [2.05, 4.69) is 59.7 Å². The zero-order valence-electron chi connectivity index (χ0n) is 15.9. The first-order valence-corrected chi connectivity index (χ1v) is 11.5. The molecule has 3 rings (SSSR count). The van der Waals surface area contributed by atoms with Crippen LogP contribution in [0.2, 0.25) is 0 Å². The van der Waals surface area contributed by atoms with Crippen LogP contribution in [0.3, 0.4) is 0 Å². The van der Waals surface area contributed by atoms with Crippen molar-refractivity contribution in [1.29, 1.82) is 0 Å². The number of thiocarbonyl (C=S) groups is 1. The van der Waals surface area contributed by atoms with Gasteiger partial charge in [-0.1, -0.05) is 28.1 Å². The highest BCUT2D eigenvalue weighted by Crippen LogP contribution is 2.37. The first-order valence-electron chi connectivity index (χ1n) is 8.73. The second-order valence-electron chi connectivity index (χ2n) is 6.25. The molecule has 0 saturated carbocycles. The number of benzene rings is 2. The molecule has 1 aliphatic rings. The summed E-state index contributed by atoms with van der Waals surface area (Å²) in [7, 11) is 1.61. The van der Waals surface area contributed by atoms with Crippen molar-refractivity contribution in [3.8, 4) is 11.5 Å². The average Bonchev–Trinajstić information content (AvgIpc) is 2.95. The molecule has 0 atom stereocenters. The Morgan fingerprint density at radius 2 is 1.90 bits per heavy atom. The molecular weight excluding hydrogens is 600 g/mol. The summed E-state index contributed by atoms with van der Waals surface area (Å²) in [6, 6.07) is 9.45. The predicted molar refractivity (Wildman–Crippen MR) is 132 cm³/mol. The number of amides is 1. The number of carbonyl (C=O) groups excluding carboxylic acids is 1. The molecule has 156 valence electrons. The Hall–Kier alpha value is -1.68. The van der Waals surface area contributed by atoms with E-state index in [1.165, 1.54) is 4.90 Å². The Labute approximate surface area is 205 Å². The van der Waals surface area contributed by atoms with Crippen molar-refractivity contribution in [2.24, 2.45) is 0 Å². The van der Waals surface area contributed by atoms with Crippen LogP contribution in [0.5, 0.6) is 11.5 Å². The number of halogens is 3. The summed E-state index contributed by atoms with van der Waals surface area (Å²) >= 11 is 15.7. The van der Waals surface area contributed by atoms with E-state index in [0.717, 1.165) is 24.5 Å². The minimum absolute atomic E-state index is 0.184. The molecule has 9 heteroatoms. The van der Waals surface area contributed by atoms with Crippen molar-refractivity contribution in [3.05, 3.63) is 73.2 Å². The van der Waals surface area contributed by atoms with Crippen molar-refractivity contribution < 1.29 is 14.3 Å². The van der Waals surface area contributed by atoms with E-state index < -0.39 is 0 Å². The lowest BCUT2D eigenvalue weighted by Gasteiger charge is -2.14. The third-order valence-corrected chi connectivity index (χ3v) is 6.18. The molecule has 0 aliphatic carbocycles. The van der Waals surface area contributed by atoms with Gasteiger partial charge in [0.25, 0.3) is 5.91 Å². The van der Waals surface area contributed by atoms with Crippen molar-refractivity contribution in [2.45, 2.75) is 6.61 Å². The highest BCUT2D eigenvalue weighted by molar-refractivity contribution is 9.11. The van der Waals surface area contributed by atoms with Gasteiger partial charge in [-0.05, 0) is 80.0 Å². The molecule has 0 radical (unpaired) electrons. The number of ether oxygens (including phenoxy) is 2. The van der Waals surface area contributed by atoms with Crippen LogP contribution in [0.4, 0.5) is 0 Å². The summed E-state index contributed by atoms with van der Waals surface area (Å²) in [6.45, 7) is 4.30. The molecule has 0 bridgehead atoms. The monoisotopic (exact) mass is 614 g/mol. The van der Waals surface area contributed by atoms with E-state index >= 15 is 0 Å². The van der Waals surface area contributed by atoms with E-state index in [0.29, 0.717) is 28.9 Å². The Morgan fingerprint density at radius 3 is 2.53 bits per heavy atom. The van der Waals surface area contributed by atoms with Gasteiger partial charge in [0, 0.05) is 16.6 Å². The van der Waals surface area contributed by atoms with Gasteiger partial charge in [0.1, 0.15) is 23.8 Å². The molecule has 2 aromatic rings. The molecule has 5 nitrogen and oxygen atoms in total. The highest BCUT2D eigenvalue weighted by atomic mass is 79.9. The highest BCUT2D eigenvalue weighted by Gasteiger charge is 2.29. The number of hydrogen-bond acceptors (Lipinski definition) is 4. The lowest BCUT2D eigenvalue weighted by atomic mass is 10.1. The van der Waals surface area contributed by atoms with Crippen LogP contribution in [-0.4, -0.2) is 29.6 Å². The van der Waals surface area contributed by atoms with Crippen molar-refractivity contribution in [3.63, 3.8) is 0 Å². The molecule has 1 saturated heterocycles. The number of nitrogens with zero attached hydrogens (tertiary/aromatic N) is 1. The van der Waals surface area contributed by atoms with Gasteiger partial charge in [0.2, 0.25) is 0 Å². The molecule has 30 heavy (non-hydrogen) atoms. The quantitative estimate of drug-likeness (QED) is 0.242. The molecule has 1 amide bonds. The minimum Gasteiger partial charge on any atom is -0.496 e. The van der Waals surface area contributed by atoms with Crippen LogP contribution in [-0.2, 0) is 11.4 Å². The van der Waals surface area contributed by atoms with Gasteiger partial charge in [-0.2, -0.15) is 0 Å². The smallest absolute Gasteiger partial charge is 0.276 e. The van der Waals surface area contributed by atoms with E-state index in [-0.39, 0.29) is 12.5 Å². The normalized spacial score (nSPS) is 14.8. The Morgan fingerprint density at radius 1 is 1.20 bits per heavy atom. The topological polar surface area (TPSA) is 50.8 Å². The fourth-order valence-electron chi connectivity index (χ4n) is 2.85. The lowest BCUT2D eigenvalue weighted by Crippen LogP contribution is -2.30. The summed E-state index contributed by atoms with van der Waals surface area (Å²) < 4.78 is 14.1. The van der Waals surface area contributed by atoms with E-state index in [4.69, 9.17) is 21.7 Å². The van der Waals surface area contributed by atoms with Crippen molar-refractivity contribution in [2.75, 3.05) is 13.7 Å². The fraction of sp³-hybridized carbons (Fsp3) is 0.143. The van der Waals surface area contributed by atoms with E-state index in [9.17, 15) is 4.79 Å². The Kier molecular flexibility index (Phi) is 7.73. The van der Waals surface area contributed by atoms with E-state index in [1.807, 2.05) is 30.3 Å². The van der Waals surface area contributed by atoms with Gasteiger partial charge in [0.15, 0.2) is 5.11 Å². The maximum absolute atomic E-state index is 12.5. The maximum atomic E-state index is 12.5. The fourth-order valence-corrected chi connectivity index (χ4v) is 5.61. The molecular formula is C21H17Br3N2O3S. The Balaban J connectivity index is 1.85. The molecule has 0 unspecified atom stereocenters. The van der Waals surface area contributed by atoms with Crippen LogP contribution in [0.1, 0.15) is 11.1 Å². The van der Waals surface area contributed by atoms with Gasteiger partial charge >= 0.3 is 0 Å². The summed E-state index contributed by atoms with van der Waals surface area (Å²) in [5.41, 5.74) is 2.07. The molecule has 0 aromatic heterocycles. The van der Waals surface area contributed by atoms with Gasteiger partial charge in [-0.15, -0.1) is 6.58 Å². The molecule has 1 N–H and O–H groups in total. The summed E-state index contributed by atoms with van der Waals surface area (Å²) in [5, 5.41) is 3.32. The zero-order chi connectivity index (χ0) is 21.8. The standard InChI is InChI=1S/C21H17Br3N2O3S/c1-3-6-26-20(27)17(25-21(26)30)8-12-4-5-18(28-2)13(7-12)11-29-19-15(23)9-14(22)10-16(19)24/h3-5,7-10H,1,6,11H2,2H3,(H,25,30). The molecule has 2 aromatic carbocycles. The predicted octanol–water partition coefficient (Wildman–Crippen LogP) is 5.81. The van der Waals surface area contributed by atoms with E-state index in [1.54, 1.807) is 19.3 Å². The van der Waals surface area contributed by atoms with Gasteiger partial charge < -0.3 is 14.8 Å². The second-order valence-corrected chi connectivity index (χ2v) is 9.26. The van der Waals surface area contributed by atoms with Gasteiger partial charge in [-0.3, -0.25) is 9.69 Å². The number of rotatable bonds is 7. The number of methoxy groups -OCH3 is 1. The van der Waals surface area contributed by atoms with Crippen LogP contribution in [0.25, 0.3) is 6.08 Å². The Bertz CT molecular complexity index is 1030. The summed E-state index contributed by atoms with van der Waals surface area (Å²) in [6.07, 6.45) is 3.39. The average molecular weight is 617 g/mol. The molecule has 1 heterocycles. The zero-order valence-corrected chi connectivity index (χ0v) is 21.5. The summed E-state index contributed by atoms with van der Waals surface area (Å²) in [5.74, 6) is 1.19. The third kappa shape index (κ3) is 5.14. The van der Waals surface area contributed by atoms with Crippen molar-refractivity contribution >= 4 is 77.1 Å². The van der Waals surface area contributed by atoms with Crippen LogP contribution in [0, 0.1) is 0 Å². The molecule has 0 spiro atoms. The van der Waals surface area contributed by atoms with Crippen LogP contribution < -0.4 is 14.8 Å². The second kappa shape index (κ2) is 10.1. The first kappa shape index (κ1) is 23.0. The minimum atomic E-state index is -0.184. The van der Waals surface area contributed by atoms with Crippen LogP contribution >= 0.6 is 60.0 Å². The maximum Gasteiger partial charge on any atom is 0.276 e. The first-order chi connectivity index (χ1) is 14.3. The largest absolute Gasteiger partial charge is 0.496 e. The number of carbonyl (C=O) groups is 1. The lowest BCUT2D eigenvalue weighted by molar-refractivity contribution is -0.122. The number of nitrogens with one attached hydrogen (secondary N) is 1. The third-order valence-electron chi connectivity index (χ3n) is 4.22. The summed E-state index contributed by atoms with van der Waals surface area (Å²) in [4.78, 5) is 14.0. The molecule has 1 fully saturated rings. The number of hydrogen-bond donors (Lipinski definition) is 1.